The summed E-state index contributed by atoms with van der Waals surface area (Å²) in [6, 6.07) is 0. The number of rotatable bonds is 3. The van der Waals surface area contributed by atoms with Crippen LogP contribution in [0.25, 0.3) is 0 Å². The second-order valence-electron chi connectivity index (χ2n) is 2.78. The molecule has 1 aliphatic rings. The third kappa shape index (κ3) is 3.12. The van der Waals surface area contributed by atoms with Gasteiger partial charge in [0.15, 0.2) is 5.03 Å². The smallest absolute Gasteiger partial charge is 0.412 e. The summed E-state index contributed by atoms with van der Waals surface area (Å²) in [4.78, 5) is 21.3. The van der Waals surface area contributed by atoms with Gasteiger partial charge in [0.05, 0.1) is 11.5 Å². The Morgan fingerprint density at radius 2 is 2.47 bits per heavy atom. The molecule has 1 N–H and O–H groups in total. The molecule has 0 aliphatic carbocycles. The minimum atomic E-state index is -0.876. The Kier molecular flexibility index (Phi) is 4.41. The summed E-state index contributed by atoms with van der Waals surface area (Å²) in [6.45, 7) is 2.40. The van der Waals surface area contributed by atoms with Crippen LogP contribution in [0.4, 0.5) is 0 Å². The van der Waals surface area contributed by atoms with Crippen LogP contribution in [0, 0.1) is 10.1 Å². The van der Waals surface area contributed by atoms with Crippen molar-refractivity contribution in [1.82, 2.24) is 5.32 Å². The number of hydrogen-bond acceptors (Lipinski definition) is 6. The van der Waals surface area contributed by atoms with Gasteiger partial charge in [-0.1, -0.05) is 0 Å². The van der Waals surface area contributed by atoms with E-state index in [1.54, 1.807) is 6.92 Å². The quantitative estimate of drug-likeness (QED) is 0.334. The lowest BCUT2D eigenvalue weighted by molar-refractivity contribution is -0.422. The van der Waals surface area contributed by atoms with E-state index in [-0.39, 0.29) is 6.61 Å². The summed E-state index contributed by atoms with van der Waals surface area (Å²) < 4.78 is 4.63. The number of nitrogens with zero attached hydrogens (tertiary/aromatic N) is 1. The monoisotopic (exact) mass is 232 g/mol. The Balaban J connectivity index is 2.88. The molecule has 1 aliphatic heterocycles. The first-order chi connectivity index (χ1) is 7.16. The lowest BCUT2D eigenvalue weighted by atomic mass is 10.4. The molecule has 0 radical (unpaired) electrons. The van der Waals surface area contributed by atoms with Gasteiger partial charge < -0.3 is 10.1 Å². The van der Waals surface area contributed by atoms with E-state index >= 15 is 0 Å². The van der Waals surface area contributed by atoms with Crippen LogP contribution in [-0.2, 0) is 9.53 Å². The second-order valence-corrected chi connectivity index (χ2v) is 3.89. The van der Waals surface area contributed by atoms with E-state index in [1.165, 1.54) is 11.8 Å². The third-order valence-electron chi connectivity index (χ3n) is 1.72. The maximum atomic E-state index is 11.3. The summed E-state index contributed by atoms with van der Waals surface area (Å²) in [7, 11) is 0. The molecule has 1 rings (SSSR count). The second kappa shape index (κ2) is 5.59. The zero-order valence-corrected chi connectivity index (χ0v) is 9.13. The van der Waals surface area contributed by atoms with Gasteiger partial charge >= 0.3 is 11.7 Å². The van der Waals surface area contributed by atoms with Crippen molar-refractivity contribution in [3.05, 3.63) is 20.8 Å². The summed E-state index contributed by atoms with van der Waals surface area (Å²) >= 11 is 1.28. The number of esters is 1. The predicted molar refractivity (Wildman–Crippen MR) is 55.7 cm³/mol. The normalized spacial score (nSPS) is 19.0. The number of hydrogen-bond donors (Lipinski definition) is 1. The molecule has 0 atom stereocenters. The van der Waals surface area contributed by atoms with Crippen LogP contribution < -0.4 is 5.32 Å². The molecule has 1 fully saturated rings. The van der Waals surface area contributed by atoms with Gasteiger partial charge in [-0.2, -0.15) is 0 Å². The zero-order chi connectivity index (χ0) is 11.3. The molecule has 0 spiro atoms. The summed E-state index contributed by atoms with van der Waals surface area (Å²) in [6.07, 6.45) is 0.933. The highest BCUT2D eigenvalue weighted by atomic mass is 32.2. The number of thioether (sulfide) groups is 1. The maximum absolute atomic E-state index is 11.3. The molecule has 1 saturated heterocycles. The average Bonchev–Trinajstić information content (AvgIpc) is 2.19. The summed E-state index contributed by atoms with van der Waals surface area (Å²) in [5, 5.41) is 13.9. The fraction of sp³-hybridized carbons (Fsp3) is 0.625. The molecular formula is C8H12N2O4S. The van der Waals surface area contributed by atoms with E-state index in [0.29, 0.717) is 11.6 Å². The summed E-state index contributed by atoms with van der Waals surface area (Å²) in [5.74, 6) is -0.0987. The van der Waals surface area contributed by atoms with Crippen molar-refractivity contribution in [2.24, 2.45) is 0 Å². The lowest BCUT2D eigenvalue weighted by Crippen LogP contribution is -2.26. The molecule has 0 aromatic heterocycles. The largest absolute Gasteiger partial charge is 0.458 e. The molecule has 0 aromatic rings. The predicted octanol–water partition coefficient (Wildman–Crippen LogP) is 0.722. The molecular weight excluding hydrogens is 220 g/mol. The highest BCUT2D eigenvalue weighted by molar-refractivity contribution is 8.03. The maximum Gasteiger partial charge on any atom is 0.412 e. The number of nitro groups is 1. The molecule has 0 amide bonds. The molecule has 15 heavy (non-hydrogen) atoms. The fourth-order valence-corrected chi connectivity index (χ4v) is 2.09. The van der Waals surface area contributed by atoms with Gasteiger partial charge in [-0.3, -0.25) is 10.1 Å². The molecule has 6 nitrogen and oxygen atoms in total. The Morgan fingerprint density at radius 1 is 1.73 bits per heavy atom. The van der Waals surface area contributed by atoms with Crippen LogP contribution in [0.15, 0.2) is 10.7 Å². The van der Waals surface area contributed by atoms with Crippen LogP contribution in [0.3, 0.4) is 0 Å². The average molecular weight is 232 g/mol. The van der Waals surface area contributed by atoms with E-state index in [1.807, 2.05) is 0 Å². The van der Waals surface area contributed by atoms with Crippen LogP contribution in [0.5, 0.6) is 0 Å². The minimum absolute atomic E-state index is 0.133. The third-order valence-corrected chi connectivity index (χ3v) is 2.84. The molecule has 1 heterocycles. The molecule has 0 saturated carbocycles. The van der Waals surface area contributed by atoms with Gasteiger partial charge in [-0.25, -0.2) is 4.79 Å². The van der Waals surface area contributed by atoms with Gasteiger partial charge in [0.2, 0.25) is 0 Å². The van der Waals surface area contributed by atoms with Gasteiger partial charge in [-0.15, -0.1) is 11.8 Å². The number of nitrogens with one attached hydrogen (secondary N) is 1. The molecule has 0 unspecified atom stereocenters. The topological polar surface area (TPSA) is 81.5 Å². The van der Waals surface area contributed by atoms with Crippen molar-refractivity contribution >= 4 is 17.7 Å². The first-order valence-corrected chi connectivity index (χ1v) is 5.57. The van der Waals surface area contributed by atoms with Crippen LogP contribution in [0.2, 0.25) is 0 Å². The van der Waals surface area contributed by atoms with Gasteiger partial charge in [-0.05, 0) is 13.3 Å². The Hall–Kier alpha value is -1.24. The summed E-state index contributed by atoms with van der Waals surface area (Å²) in [5.41, 5.74) is -0.485. The van der Waals surface area contributed by atoms with Crippen LogP contribution >= 0.6 is 11.8 Å². The van der Waals surface area contributed by atoms with Crippen LogP contribution in [0.1, 0.15) is 13.3 Å². The van der Waals surface area contributed by atoms with Crippen molar-refractivity contribution in [3.8, 4) is 0 Å². The number of carbonyl (C=O) groups excluding carboxylic acids is 1. The molecule has 0 bridgehead atoms. The molecule has 84 valence electrons. The van der Waals surface area contributed by atoms with Crippen molar-refractivity contribution in [2.45, 2.75) is 13.3 Å². The SMILES string of the molecule is CCOC(=O)C(=C1NCCCS1)[N+](=O)[O-]. The zero-order valence-electron chi connectivity index (χ0n) is 8.32. The van der Waals surface area contributed by atoms with E-state index in [0.717, 1.165) is 12.2 Å². The Bertz CT molecular complexity index is 295. The van der Waals surface area contributed by atoms with Crippen molar-refractivity contribution in [1.29, 1.82) is 0 Å². The first-order valence-electron chi connectivity index (χ1n) is 4.59. The Morgan fingerprint density at radius 3 is 2.93 bits per heavy atom. The van der Waals surface area contributed by atoms with E-state index in [4.69, 9.17) is 0 Å². The van der Waals surface area contributed by atoms with Crippen LogP contribution in [-0.4, -0.2) is 29.8 Å². The molecule has 0 aromatic carbocycles. The molecule has 7 heteroatoms. The van der Waals surface area contributed by atoms with Gasteiger partial charge in [0, 0.05) is 12.3 Å². The van der Waals surface area contributed by atoms with Gasteiger partial charge in [0.1, 0.15) is 0 Å². The van der Waals surface area contributed by atoms with Crippen molar-refractivity contribution in [3.63, 3.8) is 0 Å². The highest BCUT2D eigenvalue weighted by Crippen LogP contribution is 2.22. The van der Waals surface area contributed by atoms with E-state index in [9.17, 15) is 14.9 Å². The highest BCUT2D eigenvalue weighted by Gasteiger charge is 2.30. The Labute approximate surface area is 91.2 Å². The van der Waals surface area contributed by atoms with Crippen molar-refractivity contribution < 1.29 is 14.5 Å². The number of carbonyl (C=O) groups is 1. The van der Waals surface area contributed by atoms with Crippen molar-refractivity contribution in [2.75, 3.05) is 18.9 Å². The van der Waals surface area contributed by atoms with E-state index < -0.39 is 16.6 Å². The fourth-order valence-electron chi connectivity index (χ4n) is 1.10. The van der Waals surface area contributed by atoms with Gasteiger partial charge in [0.25, 0.3) is 0 Å². The lowest BCUT2D eigenvalue weighted by Gasteiger charge is -2.15. The number of ether oxygens (including phenoxy) is 1. The van der Waals surface area contributed by atoms with E-state index in [2.05, 4.69) is 10.1 Å². The standard InChI is InChI=1S/C8H12N2O4S/c1-2-14-8(11)6(10(12)13)7-9-4-3-5-15-7/h9H,2-5H2,1H3. The first kappa shape index (κ1) is 11.8. The minimum Gasteiger partial charge on any atom is -0.458 e.